The van der Waals surface area contributed by atoms with Crippen LogP contribution in [0.3, 0.4) is 0 Å². The first-order valence-electron chi connectivity index (χ1n) is 11.3. The van der Waals surface area contributed by atoms with Crippen LogP contribution in [0.25, 0.3) is 11.3 Å². The zero-order chi connectivity index (χ0) is 22.5. The maximum Gasteiger partial charge on any atom is 0.223 e. The molecule has 0 bridgehead atoms. The van der Waals surface area contributed by atoms with Crippen LogP contribution in [0.4, 0.5) is 0 Å². The monoisotopic (exact) mass is 434 g/mol. The Balaban J connectivity index is 1.38. The SMILES string of the molecule is CCOc1cc2c(cc1OCC)CN(C(=O)CCc1ncc(-c3ccc(C)cc3)o1)CC2. The summed E-state index contributed by atoms with van der Waals surface area (Å²) in [5, 5.41) is 0. The first kappa shape index (κ1) is 21.9. The molecule has 0 fully saturated rings. The van der Waals surface area contributed by atoms with E-state index in [4.69, 9.17) is 13.9 Å². The van der Waals surface area contributed by atoms with E-state index in [0.29, 0.717) is 45.0 Å². The highest BCUT2D eigenvalue weighted by molar-refractivity contribution is 5.76. The number of carbonyl (C=O) groups is 1. The van der Waals surface area contributed by atoms with E-state index in [0.717, 1.165) is 34.8 Å². The molecule has 32 heavy (non-hydrogen) atoms. The van der Waals surface area contributed by atoms with Gasteiger partial charge in [0.1, 0.15) is 0 Å². The molecule has 1 amide bonds. The van der Waals surface area contributed by atoms with E-state index >= 15 is 0 Å². The van der Waals surface area contributed by atoms with Gasteiger partial charge in [-0.15, -0.1) is 0 Å². The van der Waals surface area contributed by atoms with Crippen molar-refractivity contribution in [3.63, 3.8) is 0 Å². The molecule has 4 rings (SSSR count). The molecule has 0 unspecified atom stereocenters. The van der Waals surface area contributed by atoms with Gasteiger partial charge in [0.2, 0.25) is 5.91 Å². The number of rotatable bonds is 8. The number of aromatic nitrogens is 1. The number of carbonyl (C=O) groups excluding carboxylic acids is 1. The molecule has 1 aromatic heterocycles. The summed E-state index contributed by atoms with van der Waals surface area (Å²) < 4.78 is 17.4. The topological polar surface area (TPSA) is 64.8 Å². The highest BCUT2D eigenvalue weighted by Crippen LogP contribution is 2.34. The van der Waals surface area contributed by atoms with Crippen LogP contribution in [0.1, 0.15) is 42.8 Å². The third-order valence-electron chi connectivity index (χ3n) is 5.67. The minimum atomic E-state index is 0.109. The van der Waals surface area contributed by atoms with Gasteiger partial charge >= 0.3 is 0 Å². The molecule has 2 heterocycles. The number of ether oxygens (including phenoxy) is 2. The predicted molar refractivity (Wildman–Crippen MR) is 123 cm³/mol. The fourth-order valence-corrected chi connectivity index (χ4v) is 3.96. The van der Waals surface area contributed by atoms with Crippen LogP contribution in [-0.4, -0.2) is 35.5 Å². The van der Waals surface area contributed by atoms with Crippen LogP contribution in [0.15, 0.2) is 47.0 Å². The molecule has 0 saturated heterocycles. The van der Waals surface area contributed by atoms with Gasteiger partial charge in [0.25, 0.3) is 0 Å². The summed E-state index contributed by atoms with van der Waals surface area (Å²) >= 11 is 0. The van der Waals surface area contributed by atoms with Gasteiger partial charge in [-0.05, 0) is 50.5 Å². The molecule has 3 aromatic rings. The lowest BCUT2D eigenvalue weighted by Crippen LogP contribution is -2.36. The molecule has 1 aliphatic rings. The van der Waals surface area contributed by atoms with Crippen molar-refractivity contribution in [1.29, 1.82) is 0 Å². The largest absolute Gasteiger partial charge is 0.490 e. The first-order chi connectivity index (χ1) is 15.6. The number of benzene rings is 2. The molecule has 6 heteroatoms. The lowest BCUT2D eigenvalue weighted by Gasteiger charge is -2.30. The Morgan fingerprint density at radius 2 is 1.75 bits per heavy atom. The van der Waals surface area contributed by atoms with Gasteiger partial charge in [-0.1, -0.05) is 29.8 Å². The first-order valence-corrected chi connectivity index (χ1v) is 11.3. The molecule has 0 radical (unpaired) electrons. The van der Waals surface area contributed by atoms with E-state index in [-0.39, 0.29) is 5.91 Å². The molecule has 168 valence electrons. The summed E-state index contributed by atoms with van der Waals surface area (Å²) in [4.78, 5) is 19.1. The van der Waals surface area contributed by atoms with Crippen molar-refractivity contribution in [1.82, 2.24) is 9.88 Å². The minimum absolute atomic E-state index is 0.109. The Kier molecular flexibility index (Phi) is 6.78. The second kappa shape index (κ2) is 9.90. The fraction of sp³-hybridized carbons (Fsp3) is 0.385. The molecule has 0 atom stereocenters. The second-order valence-electron chi connectivity index (χ2n) is 7.98. The van der Waals surface area contributed by atoms with Crippen LogP contribution in [0.5, 0.6) is 11.5 Å². The average molecular weight is 435 g/mol. The van der Waals surface area contributed by atoms with E-state index in [2.05, 4.69) is 18.0 Å². The van der Waals surface area contributed by atoms with Gasteiger partial charge in [0.15, 0.2) is 23.1 Å². The second-order valence-corrected chi connectivity index (χ2v) is 7.98. The lowest BCUT2D eigenvalue weighted by molar-refractivity contribution is -0.132. The van der Waals surface area contributed by atoms with Crippen molar-refractivity contribution < 1.29 is 18.7 Å². The van der Waals surface area contributed by atoms with Crippen LogP contribution in [0.2, 0.25) is 0 Å². The van der Waals surface area contributed by atoms with Gasteiger partial charge in [-0.2, -0.15) is 0 Å². The zero-order valence-electron chi connectivity index (χ0n) is 19.0. The summed E-state index contributed by atoms with van der Waals surface area (Å²) in [6, 6.07) is 12.2. The number of amides is 1. The van der Waals surface area contributed by atoms with Crippen LogP contribution < -0.4 is 9.47 Å². The highest BCUT2D eigenvalue weighted by Gasteiger charge is 2.23. The third kappa shape index (κ3) is 4.96. The molecule has 0 saturated carbocycles. The summed E-state index contributed by atoms with van der Waals surface area (Å²) in [7, 11) is 0. The van der Waals surface area contributed by atoms with Gasteiger partial charge in [0, 0.05) is 31.5 Å². The van der Waals surface area contributed by atoms with Gasteiger partial charge in [0.05, 0.1) is 19.4 Å². The quantitative estimate of drug-likeness (QED) is 0.501. The molecular weight excluding hydrogens is 404 g/mol. The van der Waals surface area contributed by atoms with Crippen molar-refractivity contribution >= 4 is 5.91 Å². The minimum Gasteiger partial charge on any atom is -0.490 e. The molecule has 0 aliphatic carbocycles. The summed E-state index contributed by atoms with van der Waals surface area (Å²) in [5.74, 6) is 2.95. The van der Waals surface area contributed by atoms with E-state index in [1.54, 1.807) is 6.20 Å². The number of hydrogen-bond donors (Lipinski definition) is 0. The average Bonchev–Trinajstić information content (AvgIpc) is 3.27. The van der Waals surface area contributed by atoms with E-state index in [9.17, 15) is 4.79 Å². The van der Waals surface area contributed by atoms with Gasteiger partial charge in [-0.25, -0.2) is 4.98 Å². The van der Waals surface area contributed by atoms with E-state index in [1.807, 2.05) is 49.1 Å². The lowest BCUT2D eigenvalue weighted by atomic mass is 9.98. The Bertz CT molecular complexity index is 1070. The smallest absolute Gasteiger partial charge is 0.223 e. The van der Waals surface area contributed by atoms with Crippen molar-refractivity contribution in [3.05, 3.63) is 65.2 Å². The fourth-order valence-electron chi connectivity index (χ4n) is 3.96. The van der Waals surface area contributed by atoms with Crippen LogP contribution in [0, 0.1) is 6.92 Å². The number of nitrogens with zero attached hydrogens (tertiary/aromatic N) is 2. The molecule has 6 nitrogen and oxygen atoms in total. The van der Waals surface area contributed by atoms with E-state index in [1.165, 1.54) is 11.1 Å². The zero-order valence-corrected chi connectivity index (χ0v) is 19.0. The molecule has 0 N–H and O–H groups in total. The van der Waals surface area contributed by atoms with Crippen LogP contribution in [-0.2, 0) is 24.2 Å². The Hall–Kier alpha value is -3.28. The number of fused-ring (bicyclic) bond motifs is 1. The maximum absolute atomic E-state index is 12.9. The Morgan fingerprint density at radius 1 is 1.06 bits per heavy atom. The summed E-state index contributed by atoms with van der Waals surface area (Å²) in [5.41, 5.74) is 4.53. The molecule has 2 aromatic carbocycles. The Labute approximate surface area is 189 Å². The normalized spacial score (nSPS) is 13.0. The molecule has 1 aliphatic heterocycles. The predicted octanol–water partition coefficient (Wildman–Crippen LogP) is 4.96. The van der Waals surface area contributed by atoms with Crippen molar-refractivity contribution in [2.75, 3.05) is 19.8 Å². The number of aryl methyl sites for hydroxylation is 2. The standard InChI is InChI=1S/C26H30N2O4/c1-4-30-22-14-20-12-13-28(17-21(20)15-23(22)31-5-2)26(29)11-10-25-27-16-24(32-25)19-8-6-18(3)7-9-19/h6-9,14-16H,4-5,10-13,17H2,1-3H3. The number of oxazole rings is 1. The van der Waals surface area contributed by atoms with Gasteiger partial charge < -0.3 is 18.8 Å². The third-order valence-corrected chi connectivity index (χ3v) is 5.67. The summed E-state index contributed by atoms with van der Waals surface area (Å²) in [6.45, 7) is 8.42. The van der Waals surface area contributed by atoms with Gasteiger partial charge in [-0.3, -0.25) is 4.79 Å². The van der Waals surface area contributed by atoms with E-state index < -0.39 is 0 Å². The highest BCUT2D eigenvalue weighted by atomic mass is 16.5. The van der Waals surface area contributed by atoms with Crippen molar-refractivity contribution in [2.24, 2.45) is 0 Å². The summed E-state index contributed by atoms with van der Waals surface area (Å²) in [6.07, 6.45) is 3.40. The van der Waals surface area contributed by atoms with Crippen molar-refractivity contribution in [3.8, 4) is 22.8 Å². The molecule has 0 spiro atoms. The Morgan fingerprint density at radius 3 is 2.44 bits per heavy atom. The van der Waals surface area contributed by atoms with Crippen molar-refractivity contribution in [2.45, 2.75) is 46.6 Å². The molecular formula is C26H30N2O4. The maximum atomic E-state index is 12.9. The number of hydrogen-bond acceptors (Lipinski definition) is 5. The van der Waals surface area contributed by atoms with Crippen LogP contribution >= 0.6 is 0 Å².